The van der Waals surface area contributed by atoms with Gasteiger partial charge in [0.1, 0.15) is 0 Å². The molecule has 2 atom stereocenters. The number of likely N-dealkylation sites (tertiary alicyclic amines) is 1. The molecule has 0 aliphatic carbocycles. The second-order valence-electron chi connectivity index (χ2n) is 7.06. The van der Waals surface area contributed by atoms with Crippen LogP contribution in [0.3, 0.4) is 0 Å². The first-order valence-corrected chi connectivity index (χ1v) is 9.64. The number of carbonyl (C=O) groups is 3. The summed E-state index contributed by atoms with van der Waals surface area (Å²) in [5.41, 5.74) is 6.69. The Morgan fingerprint density at radius 3 is 2.61 bits per heavy atom. The van der Waals surface area contributed by atoms with Gasteiger partial charge in [-0.2, -0.15) is 0 Å². The fourth-order valence-electron chi connectivity index (χ4n) is 3.53. The molecular weight excluding hydrogens is 378 g/mol. The number of hydrogen-bond donors (Lipinski definition) is 3. The topological polar surface area (TPSA) is 93.7 Å². The van der Waals surface area contributed by atoms with Gasteiger partial charge in [-0.25, -0.2) is 0 Å². The summed E-state index contributed by atoms with van der Waals surface area (Å²) in [6.45, 7) is 1.58. The van der Waals surface area contributed by atoms with Crippen LogP contribution in [-0.4, -0.2) is 37.2 Å². The van der Waals surface area contributed by atoms with E-state index in [1.807, 2.05) is 6.07 Å². The number of anilines is 1. The summed E-state index contributed by atoms with van der Waals surface area (Å²) in [5.74, 6) is -0.935. The summed E-state index contributed by atoms with van der Waals surface area (Å²) in [6, 6.07) is 13.7. The summed E-state index contributed by atoms with van der Waals surface area (Å²) < 4.78 is 0. The molecular formula is C21H23ClN3O3+. The standard InChI is InChI=1S/C21H22ClN3O3/c22-16-8-9-18(17(11-16)20(27)14-5-2-1-3-6-14)24-19(26)13-25-10-4-7-15(12-25)21(23)28/h1-3,5-6,8-9,11,15H,4,7,10,12-13H2,(H2,23,28)(H,24,26)/p+1/t15-/m1/s1. The molecule has 4 N–H and O–H groups in total. The largest absolute Gasteiger partial charge is 0.369 e. The highest BCUT2D eigenvalue weighted by Gasteiger charge is 2.28. The van der Waals surface area contributed by atoms with Crippen LogP contribution in [0.5, 0.6) is 0 Å². The number of benzene rings is 2. The second kappa shape index (κ2) is 8.99. The molecule has 7 heteroatoms. The van der Waals surface area contributed by atoms with Crippen LogP contribution in [0.25, 0.3) is 0 Å². The van der Waals surface area contributed by atoms with E-state index in [9.17, 15) is 14.4 Å². The molecule has 1 unspecified atom stereocenters. The molecule has 2 amide bonds. The van der Waals surface area contributed by atoms with Crippen LogP contribution in [0.2, 0.25) is 5.02 Å². The number of ketones is 1. The zero-order valence-corrected chi connectivity index (χ0v) is 16.2. The van der Waals surface area contributed by atoms with Gasteiger partial charge in [-0.3, -0.25) is 14.4 Å². The van der Waals surface area contributed by atoms with Crippen molar-refractivity contribution in [2.75, 3.05) is 25.0 Å². The average Bonchev–Trinajstić information content (AvgIpc) is 2.69. The van der Waals surface area contributed by atoms with Gasteiger partial charge in [-0.1, -0.05) is 41.9 Å². The number of rotatable bonds is 6. The molecule has 1 aliphatic rings. The van der Waals surface area contributed by atoms with E-state index >= 15 is 0 Å². The molecule has 6 nitrogen and oxygen atoms in total. The van der Waals surface area contributed by atoms with Crippen molar-refractivity contribution in [2.24, 2.45) is 11.7 Å². The molecule has 0 bridgehead atoms. The van der Waals surface area contributed by atoms with Crippen LogP contribution in [0.15, 0.2) is 48.5 Å². The summed E-state index contributed by atoms with van der Waals surface area (Å²) in [4.78, 5) is 37.8. The van der Waals surface area contributed by atoms with E-state index in [2.05, 4.69) is 5.32 Å². The lowest BCUT2D eigenvalue weighted by molar-refractivity contribution is -0.899. The van der Waals surface area contributed by atoms with Crippen molar-refractivity contribution in [3.05, 3.63) is 64.7 Å². The quantitative estimate of drug-likeness (QED) is 0.638. The van der Waals surface area contributed by atoms with Gasteiger partial charge in [0.2, 0.25) is 5.91 Å². The maximum Gasteiger partial charge on any atom is 0.279 e. The summed E-state index contributed by atoms with van der Waals surface area (Å²) in [6.07, 6.45) is 1.63. The van der Waals surface area contributed by atoms with Gasteiger partial charge in [-0.15, -0.1) is 0 Å². The molecule has 1 fully saturated rings. The lowest BCUT2D eigenvalue weighted by atomic mass is 9.97. The van der Waals surface area contributed by atoms with Crippen LogP contribution < -0.4 is 16.0 Å². The Labute approximate surface area is 168 Å². The van der Waals surface area contributed by atoms with E-state index in [1.54, 1.807) is 42.5 Å². The molecule has 28 heavy (non-hydrogen) atoms. The molecule has 0 saturated carbocycles. The summed E-state index contributed by atoms with van der Waals surface area (Å²) in [5, 5.41) is 3.24. The van der Waals surface area contributed by atoms with Crippen molar-refractivity contribution < 1.29 is 19.3 Å². The van der Waals surface area contributed by atoms with Gasteiger partial charge < -0.3 is 16.0 Å². The van der Waals surface area contributed by atoms with Crippen molar-refractivity contribution in [1.82, 2.24) is 0 Å². The predicted octanol–water partition coefficient (Wildman–Crippen LogP) is 1.29. The van der Waals surface area contributed by atoms with E-state index in [4.69, 9.17) is 17.3 Å². The number of primary amides is 1. The first-order valence-electron chi connectivity index (χ1n) is 9.26. The molecule has 3 rings (SSSR count). The van der Waals surface area contributed by atoms with Gasteiger partial charge in [-0.05, 0) is 31.0 Å². The third-order valence-corrected chi connectivity index (χ3v) is 5.20. The van der Waals surface area contributed by atoms with Crippen LogP contribution >= 0.6 is 11.6 Å². The van der Waals surface area contributed by atoms with Gasteiger partial charge in [0.15, 0.2) is 12.3 Å². The van der Waals surface area contributed by atoms with E-state index in [0.29, 0.717) is 28.4 Å². The molecule has 0 aromatic heterocycles. The van der Waals surface area contributed by atoms with Crippen LogP contribution in [0.4, 0.5) is 5.69 Å². The van der Waals surface area contributed by atoms with E-state index in [1.165, 1.54) is 0 Å². The Morgan fingerprint density at radius 2 is 1.89 bits per heavy atom. The zero-order chi connectivity index (χ0) is 20.1. The maximum absolute atomic E-state index is 12.8. The lowest BCUT2D eigenvalue weighted by Crippen LogP contribution is -3.14. The average molecular weight is 401 g/mol. The van der Waals surface area contributed by atoms with Gasteiger partial charge in [0.25, 0.3) is 5.91 Å². The van der Waals surface area contributed by atoms with Crippen molar-refractivity contribution >= 4 is 34.9 Å². The van der Waals surface area contributed by atoms with Crippen molar-refractivity contribution in [3.8, 4) is 0 Å². The Balaban J connectivity index is 1.72. The summed E-state index contributed by atoms with van der Waals surface area (Å²) in [7, 11) is 0. The molecule has 2 aromatic rings. The van der Waals surface area contributed by atoms with E-state index in [0.717, 1.165) is 24.3 Å². The highest BCUT2D eigenvalue weighted by atomic mass is 35.5. The molecule has 1 aliphatic heterocycles. The fourth-order valence-corrected chi connectivity index (χ4v) is 3.71. The Kier molecular flexibility index (Phi) is 6.44. The van der Waals surface area contributed by atoms with Crippen molar-refractivity contribution in [2.45, 2.75) is 12.8 Å². The zero-order valence-electron chi connectivity index (χ0n) is 15.4. The molecule has 2 aromatic carbocycles. The number of hydrogen-bond acceptors (Lipinski definition) is 3. The first-order chi connectivity index (χ1) is 13.4. The highest BCUT2D eigenvalue weighted by molar-refractivity contribution is 6.31. The highest BCUT2D eigenvalue weighted by Crippen LogP contribution is 2.23. The van der Waals surface area contributed by atoms with Gasteiger partial charge >= 0.3 is 0 Å². The Bertz CT molecular complexity index is 886. The van der Waals surface area contributed by atoms with E-state index in [-0.39, 0.29) is 30.1 Å². The maximum atomic E-state index is 12.8. The number of nitrogens with two attached hydrogens (primary N) is 1. The third kappa shape index (κ3) is 4.97. The minimum Gasteiger partial charge on any atom is -0.369 e. The number of carbonyl (C=O) groups excluding carboxylic acids is 3. The molecule has 146 valence electrons. The first kappa shape index (κ1) is 20.0. The van der Waals surface area contributed by atoms with Crippen molar-refractivity contribution in [1.29, 1.82) is 0 Å². The number of piperidine rings is 1. The van der Waals surface area contributed by atoms with Crippen LogP contribution in [0, 0.1) is 5.92 Å². The smallest absolute Gasteiger partial charge is 0.279 e. The van der Waals surface area contributed by atoms with E-state index < -0.39 is 0 Å². The fraction of sp³-hybridized carbons (Fsp3) is 0.286. The second-order valence-corrected chi connectivity index (χ2v) is 7.49. The predicted molar refractivity (Wildman–Crippen MR) is 107 cm³/mol. The molecule has 0 radical (unpaired) electrons. The minimum atomic E-state index is -0.314. The van der Waals surface area contributed by atoms with Crippen LogP contribution in [-0.2, 0) is 9.59 Å². The number of amides is 2. The number of quaternary nitrogens is 1. The molecule has 1 heterocycles. The van der Waals surface area contributed by atoms with Crippen LogP contribution in [0.1, 0.15) is 28.8 Å². The molecule has 1 saturated heterocycles. The van der Waals surface area contributed by atoms with Gasteiger partial charge in [0.05, 0.1) is 24.7 Å². The normalized spacial score (nSPS) is 19.0. The Hall–Kier alpha value is -2.70. The molecule has 0 spiro atoms. The lowest BCUT2D eigenvalue weighted by Gasteiger charge is -2.27. The SMILES string of the molecule is NC(=O)[C@@H]1CCC[NH+](CC(=O)Nc2ccc(Cl)cc2C(=O)c2ccccc2)C1. The number of halogens is 1. The third-order valence-electron chi connectivity index (χ3n) is 4.97. The van der Waals surface area contributed by atoms with Crippen molar-refractivity contribution in [3.63, 3.8) is 0 Å². The Morgan fingerprint density at radius 1 is 1.14 bits per heavy atom. The summed E-state index contributed by atoms with van der Waals surface area (Å²) >= 11 is 6.07. The monoisotopic (exact) mass is 400 g/mol. The minimum absolute atomic E-state index is 0.192. The van der Waals surface area contributed by atoms with Gasteiger partial charge in [0, 0.05) is 16.1 Å². The number of nitrogens with one attached hydrogen (secondary N) is 2.